The molecule has 0 bridgehead atoms. The van der Waals surface area contributed by atoms with Crippen LogP contribution in [0.25, 0.3) is 0 Å². The van der Waals surface area contributed by atoms with Crippen LogP contribution in [0.1, 0.15) is 47.7 Å². The third-order valence-corrected chi connectivity index (χ3v) is 3.34. The number of unbranched alkanes of at least 4 members (excludes halogenated alkanes) is 1. The Kier molecular flexibility index (Phi) is 6.44. The smallest absolute Gasteiger partial charge is 0.368 e. The summed E-state index contributed by atoms with van der Waals surface area (Å²) in [5.41, 5.74) is 1.00. The van der Waals surface area contributed by atoms with Crippen molar-refractivity contribution in [2.75, 3.05) is 0 Å². The quantitative estimate of drug-likeness (QED) is 0.753. The molecule has 10 heteroatoms. The third-order valence-electron chi connectivity index (χ3n) is 3.34. The molecule has 0 aliphatic rings. The first-order chi connectivity index (χ1) is 11.4. The second kappa shape index (κ2) is 7.75. The van der Waals surface area contributed by atoms with Crippen molar-refractivity contribution in [3.05, 3.63) is 34.9 Å². The maximum atomic E-state index is 12.8. The van der Waals surface area contributed by atoms with Crippen molar-refractivity contribution in [1.82, 2.24) is 5.32 Å². The number of carbonyl (C=O) groups is 2. The predicted octanol–water partition coefficient (Wildman–Crippen LogP) is 3.50. The van der Waals surface area contributed by atoms with Gasteiger partial charge in [0.25, 0.3) is 5.91 Å². The van der Waals surface area contributed by atoms with Crippen LogP contribution >= 0.6 is 0 Å². The molecule has 1 aromatic rings. The van der Waals surface area contributed by atoms with Crippen LogP contribution in [0, 0.1) is 0 Å². The van der Waals surface area contributed by atoms with Gasteiger partial charge in [-0.2, -0.15) is 26.3 Å². The summed E-state index contributed by atoms with van der Waals surface area (Å²) >= 11 is 0. The van der Waals surface area contributed by atoms with E-state index in [0.717, 1.165) is 0 Å². The summed E-state index contributed by atoms with van der Waals surface area (Å²) in [4.78, 5) is 23.3. The highest BCUT2D eigenvalue weighted by Gasteiger charge is 2.37. The number of benzene rings is 1. The van der Waals surface area contributed by atoms with Crippen LogP contribution in [0.4, 0.5) is 26.3 Å². The number of amides is 2. The lowest BCUT2D eigenvalue weighted by atomic mass is 10.0. The summed E-state index contributed by atoms with van der Waals surface area (Å²) in [5, 5.41) is 2.08. The summed E-state index contributed by atoms with van der Waals surface area (Å²) in [6, 6.07) is -0.680. The molecule has 0 fully saturated rings. The fourth-order valence-electron chi connectivity index (χ4n) is 2.02. The molecule has 140 valence electrons. The number of nitrogens with one attached hydrogen (secondary N) is 1. The van der Waals surface area contributed by atoms with Crippen LogP contribution in [0.15, 0.2) is 18.2 Å². The number of rotatable bonds is 6. The average Bonchev–Trinajstić information content (AvgIpc) is 2.48. The summed E-state index contributed by atoms with van der Waals surface area (Å²) < 4.78 is 76.7. The first-order valence-corrected chi connectivity index (χ1v) is 7.26. The molecule has 2 amide bonds. The number of halogens is 6. The van der Waals surface area contributed by atoms with Crippen LogP contribution in [-0.4, -0.2) is 17.9 Å². The zero-order valence-corrected chi connectivity index (χ0v) is 13.1. The number of alkyl halides is 6. The first-order valence-electron chi connectivity index (χ1n) is 7.26. The Labute approximate surface area is 139 Å². The van der Waals surface area contributed by atoms with E-state index >= 15 is 0 Å². The van der Waals surface area contributed by atoms with Crippen molar-refractivity contribution < 1.29 is 35.9 Å². The van der Waals surface area contributed by atoms with Gasteiger partial charge in [-0.15, -0.1) is 0 Å². The Bertz CT molecular complexity index is 608. The van der Waals surface area contributed by atoms with E-state index in [1.807, 2.05) is 0 Å². The van der Waals surface area contributed by atoms with Gasteiger partial charge >= 0.3 is 12.4 Å². The van der Waals surface area contributed by atoms with Crippen LogP contribution in [0.3, 0.4) is 0 Å². The molecule has 1 rings (SSSR count). The lowest BCUT2D eigenvalue weighted by Gasteiger charge is -2.17. The van der Waals surface area contributed by atoms with Crippen LogP contribution < -0.4 is 11.1 Å². The standard InChI is InChI=1S/C15H16F6N2O2/c1-2-3-4-11(12(22)24)23-13(25)8-5-9(14(16,17)18)7-10(6-8)15(19,20)21/h5-7,11H,2-4H2,1H3,(H2,22,24)(H,23,25)/t11-/m0/s1. The SMILES string of the molecule is CCCC[C@H](NC(=O)c1cc(C(F)(F)F)cc(C(F)(F)F)c1)C(N)=O. The number of hydrogen-bond donors (Lipinski definition) is 2. The van der Waals surface area contributed by atoms with Crippen LogP contribution in [0.5, 0.6) is 0 Å². The van der Waals surface area contributed by atoms with Gasteiger partial charge in [0.15, 0.2) is 0 Å². The third kappa shape index (κ3) is 5.95. The number of hydrogen-bond acceptors (Lipinski definition) is 2. The largest absolute Gasteiger partial charge is 0.416 e. The van der Waals surface area contributed by atoms with Gasteiger partial charge in [0.2, 0.25) is 5.91 Å². The van der Waals surface area contributed by atoms with Crippen molar-refractivity contribution in [1.29, 1.82) is 0 Å². The van der Waals surface area contributed by atoms with E-state index in [9.17, 15) is 35.9 Å². The summed E-state index contributed by atoms with van der Waals surface area (Å²) in [6.07, 6.45) is -8.86. The van der Waals surface area contributed by atoms with Gasteiger partial charge in [-0.05, 0) is 24.6 Å². The molecule has 0 saturated heterocycles. The number of nitrogens with two attached hydrogens (primary N) is 1. The molecule has 0 spiro atoms. The minimum absolute atomic E-state index is 0.0839. The molecule has 1 aromatic carbocycles. The van der Waals surface area contributed by atoms with E-state index in [-0.39, 0.29) is 12.5 Å². The predicted molar refractivity (Wildman–Crippen MR) is 76.4 cm³/mol. The highest BCUT2D eigenvalue weighted by Crippen LogP contribution is 2.36. The van der Waals surface area contributed by atoms with E-state index in [0.29, 0.717) is 25.0 Å². The maximum absolute atomic E-state index is 12.8. The Balaban J connectivity index is 3.21. The number of carbonyl (C=O) groups excluding carboxylic acids is 2. The van der Waals surface area contributed by atoms with Crippen molar-refractivity contribution in [3.8, 4) is 0 Å². The van der Waals surface area contributed by atoms with E-state index < -0.39 is 46.9 Å². The van der Waals surface area contributed by atoms with E-state index in [1.165, 1.54) is 0 Å². The van der Waals surface area contributed by atoms with Gasteiger partial charge in [0.05, 0.1) is 11.1 Å². The van der Waals surface area contributed by atoms with Crippen molar-refractivity contribution in [2.24, 2.45) is 5.73 Å². The van der Waals surface area contributed by atoms with Crippen molar-refractivity contribution in [2.45, 2.75) is 44.6 Å². The fourth-order valence-corrected chi connectivity index (χ4v) is 2.02. The second-order valence-corrected chi connectivity index (χ2v) is 5.37. The average molecular weight is 370 g/mol. The van der Waals surface area contributed by atoms with Gasteiger partial charge in [0, 0.05) is 5.56 Å². The summed E-state index contributed by atoms with van der Waals surface area (Å²) in [7, 11) is 0. The normalized spacial score (nSPS) is 13.4. The topological polar surface area (TPSA) is 72.2 Å². The van der Waals surface area contributed by atoms with Crippen LogP contribution in [-0.2, 0) is 17.1 Å². The molecule has 25 heavy (non-hydrogen) atoms. The molecule has 0 saturated carbocycles. The van der Waals surface area contributed by atoms with E-state index in [1.54, 1.807) is 6.92 Å². The molecule has 1 atom stereocenters. The first kappa shape index (κ1) is 20.8. The molecular weight excluding hydrogens is 354 g/mol. The lowest BCUT2D eigenvalue weighted by molar-refractivity contribution is -0.143. The molecule has 0 heterocycles. The molecule has 0 unspecified atom stereocenters. The molecule has 0 aliphatic heterocycles. The monoisotopic (exact) mass is 370 g/mol. The highest BCUT2D eigenvalue weighted by atomic mass is 19.4. The zero-order valence-electron chi connectivity index (χ0n) is 13.1. The molecule has 4 nitrogen and oxygen atoms in total. The Morgan fingerprint density at radius 2 is 1.52 bits per heavy atom. The molecule has 3 N–H and O–H groups in total. The number of primary amides is 1. The fraction of sp³-hybridized carbons (Fsp3) is 0.467. The summed E-state index contributed by atoms with van der Waals surface area (Å²) in [5.74, 6) is -2.17. The Morgan fingerprint density at radius 1 is 1.04 bits per heavy atom. The minimum Gasteiger partial charge on any atom is -0.368 e. The molecular formula is C15H16F6N2O2. The molecule has 0 aliphatic carbocycles. The van der Waals surface area contributed by atoms with Gasteiger partial charge in [-0.3, -0.25) is 9.59 Å². The van der Waals surface area contributed by atoms with Gasteiger partial charge in [-0.1, -0.05) is 19.8 Å². The van der Waals surface area contributed by atoms with Gasteiger partial charge in [0.1, 0.15) is 6.04 Å². The van der Waals surface area contributed by atoms with Gasteiger partial charge < -0.3 is 11.1 Å². The maximum Gasteiger partial charge on any atom is 0.416 e. The Morgan fingerprint density at radius 3 is 1.88 bits per heavy atom. The lowest BCUT2D eigenvalue weighted by Crippen LogP contribution is -2.44. The second-order valence-electron chi connectivity index (χ2n) is 5.37. The van der Waals surface area contributed by atoms with Crippen LogP contribution in [0.2, 0.25) is 0 Å². The molecule has 0 aromatic heterocycles. The van der Waals surface area contributed by atoms with Gasteiger partial charge in [-0.25, -0.2) is 0 Å². The zero-order chi connectivity index (χ0) is 19.4. The Hall–Kier alpha value is -2.26. The van der Waals surface area contributed by atoms with E-state index in [2.05, 4.69) is 5.32 Å². The van der Waals surface area contributed by atoms with Crippen molar-refractivity contribution >= 4 is 11.8 Å². The van der Waals surface area contributed by atoms with Crippen molar-refractivity contribution in [3.63, 3.8) is 0 Å². The minimum atomic E-state index is -5.07. The summed E-state index contributed by atoms with van der Waals surface area (Å²) in [6.45, 7) is 1.79. The molecule has 0 radical (unpaired) electrons. The van der Waals surface area contributed by atoms with E-state index in [4.69, 9.17) is 5.73 Å². The highest BCUT2D eigenvalue weighted by molar-refractivity contribution is 5.97.